The van der Waals surface area contributed by atoms with Gasteiger partial charge in [-0.05, 0) is 25.5 Å². The first-order valence-electron chi connectivity index (χ1n) is 12.5. The molecule has 0 saturated carbocycles. The van der Waals surface area contributed by atoms with Crippen LogP contribution < -0.4 is 4.74 Å². The van der Waals surface area contributed by atoms with Crippen LogP contribution >= 0.6 is 7.60 Å². The minimum absolute atomic E-state index is 0.00969. The van der Waals surface area contributed by atoms with E-state index >= 15 is 0 Å². The lowest BCUT2D eigenvalue weighted by Crippen LogP contribution is -2.20. The summed E-state index contributed by atoms with van der Waals surface area (Å²) >= 11 is 0. The topological polar surface area (TPSA) is 114 Å². The molecule has 35 heavy (non-hydrogen) atoms. The quantitative estimate of drug-likeness (QED) is 0.140. The summed E-state index contributed by atoms with van der Waals surface area (Å²) in [5.41, 5.74) is -1.24. The summed E-state index contributed by atoms with van der Waals surface area (Å²) < 4.78 is 38.3. The Bertz CT molecular complexity index is 870. The van der Waals surface area contributed by atoms with E-state index in [1.807, 2.05) is 0 Å². The molecule has 2 atom stereocenters. The van der Waals surface area contributed by atoms with Crippen molar-refractivity contribution in [2.24, 2.45) is 0 Å². The monoisotopic (exact) mass is 512 g/mol. The van der Waals surface area contributed by atoms with Gasteiger partial charge in [0.05, 0.1) is 13.2 Å². The van der Waals surface area contributed by atoms with Gasteiger partial charge in [0.25, 0.3) is 0 Å². The van der Waals surface area contributed by atoms with Crippen molar-refractivity contribution in [3.05, 3.63) is 29.8 Å². The van der Waals surface area contributed by atoms with Crippen LogP contribution in [0.4, 0.5) is 4.79 Å². The van der Waals surface area contributed by atoms with Crippen LogP contribution in [0.5, 0.6) is 5.75 Å². The van der Waals surface area contributed by atoms with Crippen LogP contribution in [-0.4, -0.2) is 43.6 Å². The van der Waals surface area contributed by atoms with Gasteiger partial charge in [-0.15, -0.1) is 0 Å². The molecule has 1 aromatic rings. The van der Waals surface area contributed by atoms with Gasteiger partial charge in [-0.25, -0.2) is 14.2 Å². The fourth-order valence-electron chi connectivity index (χ4n) is 3.53. The number of benzene rings is 1. The molecule has 0 N–H and O–H groups in total. The van der Waals surface area contributed by atoms with Crippen molar-refractivity contribution in [2.75, 3.05) is 19.8 Å². The molecule has 10 heteroatoms. The number of carbonyl (C=O) groups is 3. The van der Waals surface area contributed by atoms with E-state index in [-0.39, 0.29) is 37.1 Å². The first-order chi connectivity index (χ1) is 16.9. The Morgan fingerprint density at radius 2 is 1.60 bits per heavy atom. The Morgan fingerprint density at radius 1 is 0.943 bits per heavy atom. The minimum Gasteiger partial charge on any atom is -0.463 e. The number of hydrogen-bond donors (Lipinski definition) is 0. The van der Waals surface area contributed by atoms with Gasteiger partial charge < -0.3 is 14.2 Å². The molecular weight excluding hydrogens is 475 g/mol. The minimum atomic E-state index is -4.26. The molecule has 1 aromatic carbocycles. The zero-order chi connectivity index (χ0) is 25.5. The highest BCUT2D eigenvalue weighted by atomic mass is 31.2. The number of rotatable bonds is 16. The third kappa shape index (κ3) is 10.1. The second-order valence-electron chi connectivity index (χ2n) is 8.37. The Hall–Kier alpha value is -2.22. The molecule has 0 bridgehead atoms. The van der Waals surface area contributed by atoms with Gasteiger partial charge in [0.1, 0.15) is 24.0 Å². The van der Waals surface area contributed by atoms with Crippen molar-refractivity contribution in [3.63, 3.8) is 0 Å². The largest absolute Gasteiger partial charge is 0.463 e. The van der Waals surface area contributed by atoms with E-state index in [2.05, 4.69) is 6.92 Å². The fraction of sp³-hybridized carbons (Fsp3) is 0.640. The summed E-state index contributed by atoms with van der Waals surface area (Å²) in [4.78, 5) is 36.5. The maximum atomic E-state index is 12.8. The van der Waals surface area contributed by atoms with E-state index in [1.54, 1.807) is 19.1 Å². The molecule has 0 spiro atoms. The molecule has 0 aliphatic carbocycles. The number of esters is 2. The molecule has 1 aliphatic rings. The molecule has 1 aliphatic heterocycles. The van der Waals surface area contributed by atoms with Crippen molar-refractivity contribution in [3.8, 4) is 5.75 Å². The Balaban J connectivity index is 1.69. The standard InChI is InChI=1S/C25H37O9P/c1-3-5-6-7-8-9-10-11-12-17-23(26)31-18-20-19-32-35(29,34-20)25(28)33-22-16-14-13-15-21(22)24(27)30-4-2/h13-16,20H,3-12,17-19H2,1-2H3. The van der Waals surface area contributed by atoms with Gasteiger partial charge in [0.15, 0.2) is 0 Å². The molecule has 1 heterocycles. The molecule has 196 valence electrons. The molecule has 9 nitrogen and oxygen atoms in total. The third-order valence-corrected chi connectivity index (χ3v) is 7.04. The highest BCUT2D eigenvalue weighted by Gasteiger charge is 2.46. The maximum absolute atomic E-state index is 12.8. The van der Waals surface area contributed by atoms with E-state index < -0.39 is 25.4 Å². The van der Waals surface area contributed by atoms with Crippen molar-refractivity contribution < 1.29 is 42.2 Å². The van der Waals surface area contributed by atoms with E-state index in [4.69, 9.17) is 23.3 Å². The average Bonchev–Trinajstić information content (AvgIpc) is 3.24. The normalized spacial score (nSPS) is 19.3. The van der Waals surface area contributed by atoms with Crippen LogP contribution in [0, 0.1) is 0 Å². The van der Waals surface area contributed by atoms with Gasteiger partial charge in [-0.3, -0.25) is 13.8 Å². The molecule has 1 saturated heterocycles. The second kappa shape index (κ2) is 15.7. The van der Waals surface area contributed by atoms with Crippen LogP contribution in [0.2, 0.25) is 0 Å². The fourth-order valence-corrected chi connectivity index (χ4v) is 4.87. The van der Waals surface area contributed by atoms with E-state index in [0.717, 1.165) is 19.3 Å². The molecule has 0 amide bonds. The van der Waals surface area contributed by atoms with E-state index in [0.29, 0.717) is 6.42 Å². The Labute approximate surface area is 207 Å². The second-order valence-corrected chi connectivity index (χ2v) is 10.2. The van der Waals surface area contributed by atoms with Crippen molar-refractivity contribution in [1.82, 2.24) is 0 Å². The predicted octanol–water partition coefficient (Wildman–Crippen LogP) is 6.43. The summed E-state index contributed by atoms with van der Waals surface area (Å²) in [5.74, 6) is -1.17. The summed E-state index contributed by atoms with van der Waals surface area (Å²) in [7, 11) is -4.26. The molecule has 2 rings (SSSR count). The van der Waals surface area contributed by atoms with Gasteiger partial charge in [0, 0.05) is 6.42 Å². The predicted molar refractivity (Wildman–Crippen MR) is 130 cm³/mol. The van der Waals surface area contributed by atoms with Gasteiger partial charge in [-0.1, -0.05) is 70.4 Å². The lowest BCUT2D eigenvalue weighted by Gasteiger charge is -2.13. The van der Waals surface area contributed by atoms with Crippen molar-refractivity contribution in [1.29, 1.82) is 0 Å². The van der Waals surface area contributed by atoms with Crippen LogP contribution in [-0.2, 0) is 27.9 Å². The summed E-state index contributed by atoms with van der Waals surface area (Å²) in [5, 5.41) is 0. The van der Waals surface area contributed by atoms with Crippen LogP contribution in [0.25, 0.3) is 0 Å². The zero-order valence-corrected chi connectivity index (χ0v) is 21.6. The van der Waals surface area contributed by atoms with E-state index in [1.165, 1.54) is 50.7 Å². The SMILES string of the molecule is CCCCCCCCCCCC(=O)OCC1COP(=O)(C(=O)Oc2ccccc2C(=O)OCC)O1. The number of ether oxygens (including phenoxy) is 3. The lowest BCUT2D eigenvalue weighted by atomic mass is 10.1. The van der Waals surface area contributed by atoms with Crippen molar-refractivity contribution >= 4 is 25.2 Å². The Kier molecular flexibility index (Phi) is 13.0. The Morgan fingerprint density at radius 3 is 2.29 bits per heavy atom. The van der Waals surface area contributed by atoms with Gasteiger partial charge in [0.2, 0.25) is 0 Å². The smallest absolute Gasteiger partial charge is 0.439 e. The molecule has 0 aromatic heterocycles. The van der Waals surface area contributed by atoms with Crippen LogP contribution in [0.15, 0.2) is 24.3 Å². The van der Waals surface area contributed by atoms with Crippen LogP contribution in [0.1, 0.15) is 88.4 Å². The summed E-state index contributed by atoms with van der Waals surface area (Å²) in [6, 6.07) is 5.92. The number of hydrogen-bond acceptors (Lipinski definition) is 9. The third-order valence-electron chi connectivity index (χ3n) is 5.44. The van der Waals surface area contributed by atoms with Gasteiger partial charge in [-0.2, -0.15) is 0 Å². The van der Waals surface area contributed by atoms with Crippen LogP contribution in [0.3, 0.4) is 0 Å². The number of unbranched alkanes of at least 4 members (excludes halogenated alkanes) is 8. The van der Waals surface area contributed by atoms with Gasteiger partial charge >= 0.3 is 25.2 Å². The molecular formula is C25H37O9P. The number of carbonyl (C=O) groups excluding carboxylic acids is 3. The highest BCUT2D eigenvalue weighted by molar-refractivity contribution is 7.71. The average molecular weight is 513 g/mol. The highest BCUT2D eigenvalue weighted by Crippen LogP contribution is 2.55. The maximum Gasteiger partial charge on any atom is 0.439 e. The molecule has 0 radical (unpaired) electrons. The number of para-hydroxylation sites is 1. The first-order valence-corrected chi connectivity index (χ1v) is 14.0. The lowest BCUT2D eigenvalue weighted by molar-refractivity contribution is -0.146. The molecule has 2 unspecified atom stereocenters. The summed E-state index contributed by atoms with van der Waals surface area (Å²) in [6.45, 7) is 3.64. The first kappa shape index (κ1) is 29.0. The summed E-state index contributed by atoms with van der Waals surface area (Å²) in [6.07, 6.45) is 9.80. The van der Waals surface area contributed by atoms with Crippen molar-refractivity contribution in [2.45, 2.75) is 84.2 Å². The molecule has 1 fully saturated rings. The zero-order valence-electron chi connectivity index (χ0n) is 20.7. The van der Waals surface area contributed by atoms with E-state index in [9.17, 15) is 18.9 Å².